The zero-order chi connectivity index (χ0) is 12.5. The Morgan fingerprint density at radius 2 is 2.12 bits per heavy atom. The predicted octanol–water partition coefficient (Wildman–Crippen LogP) is 1.79. The third kappa shape index (κ3) is 2.13. The van der Waals surface area contributed by atoms with E-state index < -0.39 is 11.9 Å². The zero-order valence-corrected chi connectivity index (χ0v) is 9.88. The van der Waals surface area contributed by atoms with Crippen LogP contribution in [0.3, 0.4) is 0 Å². The van der Waals surface area contributed by atoms with Gasteiger partial charge in [-0.05, 0) is 31.0 Å². The van der Waals surface area contributed by atoms with E-state index in [4.69, 9.17) is 22.4 Å². The van der Waals surface area contributed by atoms with Crippen molar-refractivity contribution < 1.29 is 15.0 Å². The predicted molar refractivity (Wildman–Crippen MR) is 62.0 cm³/mol. The number of hydrogen-bond donors (Lipinski definition) is 3. The maximum absolute atomic E-state index is 11.0. The van der Waals surface area contributed by atoms with Crippen LogP contribution in [0.5, 0.6) is 5.75 Å². The molecular weight excluding hydrogens is 230 g/mol. The van der Waals surface area contributed by atoms with Gasteiger partial charge in [0.2, 0.25) is 0 Å². The van der Waals surface area contributed by atoms with Gasteiger partial charge in [0.25, 0.3) is 0 Å². The van der Waals surface area contributed by atoms with Crippen molar-refractivity contribution >= 4 is 17.6 Å². The summed E-state index contributed by atoms with van der Waals surface area (Å²) in [5, 5.41) is 19.0. The Bertz CT molecular complexity index is 405. The largest absolute Gasteiger partial charge is 0.506 e. The standard InChI is InChI=1S/C11H14ClNO3/c1-5-3-8(12)10(14)9(6(5)2)7(4-13)11(15)16/h3,7,14H,4,13H2,1-2H3,(H,15,16). The Kier molecular flexibility index (Phi) is 3.78. The molecule has 0 saturated heterocycles. The van der Waals surface area contributed by atoms with Crippen LogP contribution in [-0.4, -0.2) is 22.7 Å². The lowest BCUT2D eigenvalue weighted by Crippen LogP contribution is -2.22. The van der Waals surface area contributed by atoms with Gasteiger partial charge in [0.15, 0.2) is 0 Å². The number of aliphatic carboxylic acids is 1. The molecule has 1 aromatic carbocycles. The van der Waals surface area contributed by atoms with Crippen molar-refractivity contribution in [2.24, 2.45) is 5.73 Å². The molecule has 4 N–H and O–H groups in total. The normalized spacial score (nSPS) is 12.5. The maximum Gasteiger partial charge on any atom is 0.312 e. The van der Waals surface area contributed by atoms with E-state index in [1.807, 2.05) is 0 Å². The van der Waals surface area contributed by atoms with Gasteiger partial charge >= 0.3 is 5.97 Å². The highest BCUT2D eigenvalue weighted by Gasteiger charge is 2.25. The van der Waals surface area contributed by atoms with Gasteiger partial charge in [-0.25, -0.2) is 0 Å². The van der Waals surface area contributed by atoms with Crippen molar-refractivity contribution in [2.45, 2.75) is 19.8 Å². The Labute approximate surface area is 98.6 Å². The van der Waals surface area contributed by atoms with E-state index in [0.717, 1.165) is 5.56 Å². The number of carbonyl (C=O) groups is 1. The van der Waals surface area contributed by atoms with Crippen LogP contribution in [0.2, 0.25) is 5.02 Å². The second-order valence-corrected chi connectivity index (χ2v) is 4.10. The molecule has 0 aromatic heterocycles. The smallest absolute Gasteiger partial charge is 0.312 e. The topological polar surface area (TPSA) is 83.5 Å². The fourth-order valence-electron chi connectivity index (χ4n) is 1.65. The summed E-state index contributed by atoms with van der Waals surface area (Å²) in [4.78, 5) is 11.0. The highest BCUT2D eigenvalue weighted by Crippen LogP contribution is 2.36. The van der Waals surface area contributed by atoms with Crippen molar-refractivity contribution in [3.8, 4) is 5.75 Å². The molecule has 1 aromatic rings. The van der Waals surface area contributed by atoms with Crippen LogP contribution < -0.4 is 5.73 Å². The monoisotopic (exact) mass is 243 g/mol. The summed E-state index contributed by atoms with van der Waals surface area (Å²) >= 11 is 5.81. The lowest BCUT2D eigenvalue weighted by molar-refractivity contribution is -0.138. The number of nitrogens with two attached hydrogens (primary N) is 1. The quantitative estimate of drug-likeness (QED) is 0.756. The Hall–Kier alpha value is -1.26. The zero-order valence-electron chi connectivity index (χ0n) is 9.12. The summed E-state index contributed by atoms with van der Waals surface area (Å²) < 4.78 is 0. The minimum Gasteiger partial charge on any atom is -0.506 e. The van der Waals surface area contributed by atoms with E-state index in [1.54, 1.807) is 19.9 Å². The van der Waals surface area contributed by atoms with Crippen LogP contribution in [0.1, 0.15) is 22.6 Å². The van der Waals surface area contributed by atoms with Gasteiger partial charge in [0.1, 0.15) is 5.75 Å². The van der Waals surface area contributed by atoms with E-state index >= 15 is 0 Å². The summed E-state index contributed by atoms with van der Waals surface area (Å²) in [5.41, 5.74) is 7.25. The summed E-state index contributed by atoms with van der Waals surface area (Å²) in [6, 6.07) is 1.60. The lowest BCUT2D eigenvalue weighted by atomic mass is 9.91. The van der Waals surface area contributed by atoms with Gasteiger partial charge in [0.05, 0.1) is 10.9 Å². The highest BCUT2D eigenvalue weighted by atomic mass is 35.5. The summed E-state index contributed by atoms with van der Waals surface area (Å²) in [7, 11) is 0. The third-order valence-electron chi connectivity index (χ3n) is 2.70. The molecule has 0 aliphatic rings. The number of phenolic OH excluding ortho intramolecular Hbond substituents is 1. The number of phenols is 1. The number of carboxylic acids is 1. The molecule has 1 rings (SSSR count). The van der Waals surface area contributed by atoms with Gasteiger partial charge in [0, 0.05) is 12.1 Å². The van der Waals surface area contributed by atoms with Crippen LogP contribution in [0, 0.1) is 13.8 Å². The van der Waals surface area contributed by atoms with Crippen molar-refractivity contribution in [1.29, 1.82) is 0 Å². The van der Waals surface area contributed by atoms with Crippen molar-refractivity contribution in [2.75, 3.05) is 6.54 Å². The van der Waals surface area contributed by atoms with Gasteiger partial charge in [-0.3, -0.25) is 4.79 Å². The molecule has 0 aliphatic heterocycles. The fourth-order valence-corrected chi connectivity index (χ4v) is 1.92. The molecule has 0 radical (unpaired) electrons. The van der Waals surface area contributed by atoms with Gasteiger partial charge in [-0.2, -0.15) is 0 Å². The maximum atomic E-state index is 11.0. The van der Waals surface area contributed by atoms with Crippen LogP contribution in [0.15, 0.2) is 6.07 Å². The molecule has 0 saturated carbocycles. The van der Waals surface area contributed by atoms with E-state index in [9.17, 15) is 9.90 Å². The van der Waals surface area contributed by atoms with E-state index in [2.05, 4.69) is 0 Å². The average molecular weight is 244 g/mol. The minimum absolute atomic E-state index is 0.0798. The molecule has 4 nitrogen and oxygen atoms in total. The van der Waals surface area contributed by atoms with E-state index in [1.165, 1.54) is 0 Å². The molecule has 1 atom stereocenters. The summed E-state index contributed by atoms with van der Waals surface area (Å²) in [6.07, 6.45) is 0. The third-order valence-corrected chi connectivity index (χ3v) is 2.99. The number of carboxylic acid groups (broad SMARTS) is 1. The fraction of sp³-hybridized carbons (Fsp3) is 0.364. The molecule has 1 unspecified atom stereocenters. The second kappa shape index (κ2) is 4.72. The minimum atomic E-state index is -1.07. The van der Waals surface area contributed by atoms with Gasteiger partial charge in [-0.15, -0.1) is 0 Å². The van der Waals surface area contributed by atoms with Crippen LogP contribution in [-0.2, 0) is 4.79 Å². The van der Waals surface area contributed by atoms with Crippen LogP contribution in [0.25, 0.3) is 0 Å². The molecule has 16 heavy (non-hydrogen) atoms. The molecule has 0 aliphatic carbocycles. The molecule has 0 fully saturated rings. The molecule has 0 bridgehead atoms. The number of aromatic hydroxyl groups is 1. The number of halogens is 1. The molecule has 88 valence electrons. The molecule has 5 heteroatoms. The first-order valence-corrected chi connectivity index (χ1v) is 5.19. The number of hydrogen-bond acceptors (Lipinski definition) is 3. The first kappa shape index (κ1) is 12.8. The second-order valence-electron chi connectivity index (χ2n) is 3.69. The van der Waals surface area contributed by atoms with Crippen molar-refractivity contribution in [3.05, 3.63) is 27.8 Å². The van der Waals surface area contributed by atoms with Crippen molar-refractivity contribution in [3.63, 3.8) is 0 Å². The molecule has 0 amide bonds. The first-order valence-electron chi connectivity index (χ1n) is 4.81. The summed E-state index contributed by atoms with van der Waals surface area (Å²) in [6.45, 7) is 3.47. The lowest BCUT2D eigenvalue weighted by Gasteiger charge is -2.17. The first-order chi connectivity index (χ1) is 7.40. The Balaban J connectivity index is 3.47. The van der Waals surface area contributed by atoms with Crippen LogP contribution >= 0.6 is 11.6 Å². The van der Waals surface area contributed by atoms with E-state index in [0.29, 0.717) is 11.1 Å². The van der Waals surface area contributed by atoms with E-state index in [-0.39, 0.29) is 17.3 Å². The number of rotatable bonds is 3. The Morgan fingerprint density at radius 3 is 2.56 bits per heavy atom. The highest BCUT2D eigenvalue weighted by molar-refractivity contribution is 6.32. The van der Waals surface area contributed by atoms with Gasteiger partial charge in [-0.1, -0.05) is 11.6 Å². The number of benzene rings is 1. The summed E-state index contributed by atoms with van der Waals surface area (Å²) in [5.74, 6) is -2.19. The molecule has 0 spiro atoms. The van der Waals surface area contributed by atoms with Gasteiger partial charge < -0.3 is 15.9 Å². The average Bonchev–Trinajstić information content (AvgIpc) is 2.21. The molecular formula is C11H14ClNO3. The Morgan fingerprint density at radius 1 is 1.56 bits per heavy atom. The SMILES string of the molecule is Cc1cc(Cl)c(O)c(C(CN)C(=O)O)c1C. The molecule has 0 heterocycles. The number of aryl methyl sites for hydroxylation is 1. The van der Waals surface area contributed by atoms with Crippen LogP contribution in [0.4, 0.5) is 0 Å². The van der Waals surface area contributed by atoms with Crippen molar-refractivity contribution in [1.82, 2.24) is 0 Å².